The number of likely N-dealkylation sites (tertiary alicyclic amines) is 1. The fraction of sp³-hybridized carbons (Fsp3) is 1.00. The number of nitrogens with zero attached hydrogens (tertiary/aromatic N) is 1. The van der Waals surface area contributed by atoms with E-state index in [9.17, 15) is 5.11 Å². The van der Waals surface area contributed by atoms with Crippen molar-refractivity contribution in [3.63, 3.8) is 0 Å². The molecule has 0 aromatic carbocycles. The molecule has 0 aliphatic carbocycles. The Balaban J connectivity index is 2.10. The molecule has 5 heteroatoms. The van der Waals surface area contributed by atoms with Gasteiger partial charge in [-0.3, -0.25) is 4.90 Å². The standard InChI is InChI=1S/C12H25NO4/c1-15-6-7-17-10-11(14)8-13-5-3-4-12(9-13)16-2/h11-12,14H,3-10H2,1-2H3. The summed E-state index contributed by atoms with van der Waals surface area (Å²) in [6.07, 6.45) is 2.14. The van der Waals surface area contributed by atoms with Crippen LogP contribution in [0.2, 0.25) is 0 Å². The third kappa shape index (κ3) is 6.33. The first-order valence-corrected chi connectivity index (χ1v) is 6.26. The molecule has 1 heterocycles. The number of aliphatic hydroxyl groups is 1. The Morgan fingerprint density at radius 3 is 2.88 bits per heavy atom. The van der Waals surface area contributed by atoms with E-state index in [4.69, 9.17) is 14.2 Å². The Kier molecular flexibility index (Phi) is 7.72. The highest BCUT2D eigenvalue weighted by molar-refractivity contribution is 4.75. The van der Waals surface area contributed by atoms with Crippen LogP contribution in [0, 0.1) is 0 Å². The van der Waals surface area contributed by atoms with Gasteiger partial charge in [0.15, 0.2) is 0 Å². The van der Waals surface area contributed by atoms with Crippen molar-refractivity contribution in [3.8, 4) is 0 Å². The first-order valence-electron chi connectivity index (χ1n) is 6.26. The van der Waals surface area contributed by atoms with E-state index >= 15 is 0 Å². The van der Waals surface area contributed by atoms with Gasteiger partial charge in [0.25, 0.3) is 0 Å². The summed E-state index contributed by atoms with van der Waals surface area (Å²) >= 11 is 0. The van der Waals surface area contributed by atoms with Crippen molar-refractivity contribution in [1.29, 1.82) is 0 Å². The van der Waals surface area contributed by atoms with Gasteiger partial charge in [0.05, 0.1) is 32.0 Å². The van der Waals surface area contributed by atoms with E-state index in [0.717, 1.165) is 25.9 Å². The number of methoxy groups -OCH3 is 2. The van der Waals surface area contributed by atoms with Gasteiger partial charge in [-0.05, 0) is 19.4 Å². The van der Waals surface area contributed by atoms with Crippen molar-refractivity contribution in [2.75, 3.05) is 53.7 Å². The van der Waals surface area contributed by atoms with Gasteiger partial charge in [0.1, 0.15) is 0 Å². The molecule has 2 atom stereocenters. The average molecular weight is 247 g/mol. The molecule has 1 saturated heterocycles. The highest BCUT2D eigenvalue weighted by Gasteiger charge is 2.21. The molecule has 1 aliphatic rings. The normalized spacial score (nSPS) is 23.8. The van der Waals surface area contributed by atoms with Crippen molar-refractivity contribution in [1.82, 2.24) is 4.90 Å². The number of β-amino-alcohol motifs (C(OH)–C–C–N with tert-alkyl or cyclic N) is 1. The van der Waals surface area contributed by atoms with Crippen molar-refractivity contribution in [2.24, 2.45) is 0 Å². The first-order chi connectivity index (χ1) is 8.26. The van der Waals surface area contributed by atoms with Crippen LogP contribution in [-0.2, 0) is 14.2 Å². The molecule has 1 fully saturated rings. The van der Waals surface area contributed by atoms with Crippen LogP contribution in [0.3, 0.4) is 0 Å². The van der Waals surface area contributed by atoms with E-state index in [-0.39, 0.29) is 0 Å². The van der Waals surface area contributed by atoms with Crippen LogP contribution in [0.15, 0.2) is 0 Å². The fourth-order valence-corrected chi connectivity index (χ4v) is 2.08. The van der Waals surface area contributed by atoms with Gasteiger partial charge < -0.3 is 19.3 Å². The number of ether oxygens (including phenoxy) is 3. The number of rotatable bonds is 8. The summed E-state index contributed by atoms with van der Waals surface area (Å²) in [5.41, 5.74) is 0. The summed E-state index contributed by atoms with van der Waals surface area (Å²) < 4.78 is 15.5. The van der Waals surface area contributed by atoms with Gasteiger partial charge in [0.2, 0.25) is 0 Å². The molecule has 17 heavy (non-hydrogen) atoms. The molecule has 0 spiro atoms. The third-order valence-electron chi connectivity index (χ3n) is 3.01. The Bertz CT molecular complexity index is 191. The van der Waals surface area contributed by atoms with Crippen LogP contribution >= 0.6 is 0 Å². The van der Waals surface area contributed by atoms with Gasteiger partial charge in [0, 0.05) is 27.3 Å². The molecule has 0 bridgehead atoms. The molecule has 1 rings (SSSR count). The lowest BCUT2D eigenvalue weighted by atomic mass is 10.1. The predicted molar refractivity (Wildman–Crippen MR) is 65.2 cm³/mol. The molecule has 0 aromatic rings. The Morgan fingerprint density at radius 1 is 1.35 bits per heavy atom. The van der Waals surface area contributed by atoms with Gasteiger partial charge >= 0.3 is 0 Å². The molecule has 0 radical (unpaired) electrons. The number of hydrogen-bond acceptors (Lipinski definition) is 5. The van der Waals surface area contributed by atoms with Gasteiger partial charge in [-0.15, -0.1) is 0 Å². The molecule has 1 aliphatic heterocycles. The van der Waals surface area contributed by atoms with E-state index in [1.165, 1.54) is 0 Å². The molecular formula is C12H25NO4. The quantitative estimate of drug-likeness (QED) is 0.618. The van der Waals surface area contributed by atoms with Crippen molar-refractivity contribution >= 4 is 0 Å². The lowest BCUT2D eigenvalue weighted by Gasteiger charge is -2.33. The van der Waals surface area contributed by atoms with Crippen LogP contribution in [-0.4, -0.2) is 75.9 Å². The second-order valence-corrected chi connectivity index (χ2v) is 4.48. The third-order valence-corrected chi connectivity index (χ3v) is 3.01. The smallest absolute Gasteiger partial charge is 0.0900 e. The maximum absolute atomic E-state index is 9.81. The lowest BCUT2D eigenvalue weighted by molar-refractivity contribution is -0.0206. The molecule has 102 valence electrons. The minimum absolute atomic E-state index is 0.311. The van der Waals surface area contributed by atoms with E-state index < -0.39 is 6.10 Å². The number of hydrogen-bond donors (Lipinski definition) is 1. The highest BCUT2D eigenvalue weighted by atomic mass is 16.5. The lowest BCUT2D eigenvalue weighted by Crippen LogP contribution is -2.44. The SMILES string of the molecule is COCCOCC(O)CN1CCCC(OC)C1. The van der Waals surface area contributed by atoms with Gasteiger partial charge in [-0.2, -0.15) is 0 Å². The van der Waals surface area contributed by atoms with Crippen molar-refractivity contribution in [3.05, 3.63) is 0 Å². The first kappa shape index (κ1) is 14.9. The Labute approximate surface area is 104 Å². The van der Waals surface area contributed by atoms with E-state index in [0.29, 0.717) is 32.5 Å². The zero-order valence-corrected chi connectivity index (χ0v) is 10.9. The average Bonchev–Trinajstić information content (AvgIpc) is 2.35. The Hall–Kier alpha value is -0.200. The molecular weight excluding hydrogens is 222 g/mol. The maximum atomic E-state index is 9.81. The summed E-state index contributed by atoms with van der Waals surface area (Å²) in [4.78, 5) is 2.24. The Morgan fingerprint density at radius 2 is 2.18 bits per heavy atom. The van der Waals surface area contributed by atoms with Crippen LogP contribution < -0.4 is 0 Å². The van der Waals surface area contributed by atoms with Crippen LogP contribution in [0.4, 0.5) is 0 Å². The van der Waals surface area contributed by atoms with Gasteiger partial charge in [-0.25, -0.2) is 0 Å². The molecule has 0 amide bonds. The molecule has 2 unspecified atom stereocenters. The number of aliphatic hydroxyl groups excluding tert-OH is 1. The van der Waals surface area contributed by atoms with E-state index in [2.05, 4.69) is 4.90 Å². The minimum atomic E-state index is -0.428. The number of piperidine rings is 1. The zero-order valence-electron chi connectivity index (χ0n) is 10.9. The summed E-state index contributed by atoms with van der Waals surface area (Å²) in [5, 5.41) is 9.81. The minimum Gasteiger partial charge on any atom is -0.389 e. The summed E-state index contributed by atoms with van der Waals surface area (Å²) in [6.45, 7) is 4.08. The topological polar surface area (TPSA) is 51.2 Å². The molecule has 1 N–H and O–H groups in total. The van der Waals surface area contributed by atoms with Crippen LogP contribution in [0.5, 0.6) is 0 Å². The van der Waals surface area contributed by atoms with Crippen LogP contribution in [0.25, 0.3) is 0 Å². The predicted octanol–water partition coefficient (Wildman–Crippen LogP) is 0.121. The molecule has 0 saturated carbocycles. The second-order valence-electron chi connectivity index (χ2n) is 4.48. The van der Waals surface area contributed by atoms with Gasteiger partial charge in [-0.1, -0.05) is 0 Å². The molecule has 5 nitrogen and oxygen atoms in total. The largest absolute Gasteiger partial charge is 0.389 e. The summed E-state index contributed by atoms with van der Waals surface area (Å²) in [6, 6.07) is 0. The summed E-state index contributed by atoms with van der Waals surface area (Å²) in [5.74, 6) is 0. The van der Waals surface area contributed by atoms with Crippen LogP contribution in [0.1, 0.15) is 12.8 Å². The fourth-order valence-electron chi connectivity index (χ4n) is 2.08. The van der Waals surface area contributed by atoms with E-state index in [1.54, 1.807) is 14.2 Å². The van der Waals surface area contributed by atoms with Crippen molar-refractivity contribution in [2.45, 2.75) is 25.0 Å². The molecule has 0 aromatic heterocycles. The van der Waals surface area contributed by atoms with Crippen molar-refractivity contribution < 1.29 is 19.3 Å². The van der Waals surface area contributed by atoms with E-state index in [1.807, 2.05) is 0 Å². The zero-order chi connectivity index (χ0) is 12.5. The monoisotopic (exact) mass is 247 g/mol. The summed E-state index contributed by atoms with van der Waals surface area (Å²) in [7, 11) is 3.39. The maximum Gasteiger partial charge on any atom is 0.0900 e. The second kappa shape index (κ2) is 8.83. The highest BCUT2D eigenvalue weighted by Crippen LogP contribution is 2.12.